The van der Waals surface area contributed by atoms with Gasteiger partial charge in [-0.2, -0.15) is 5.10 Å². The summed E-state index contributed by atoms with van der Waals surface area (Å²) in [6.45, 7) is 13.9. The van der Waals surface area contributed by atoms with Gasteiger partial charge in [0.1, 0.15) is 5.84 Å². The molecule has 6 heteroatoms. The first-order valence-electron chi connectivity index (χ1n) is 9.88. The quantitative estimate of drug-likeness (QED) is 0.453. The van der Waals surface area contributed by atoms with Crippen LogP contribution in [0, 0.1) is 6.57 Å². The molecular formula is C23H29N6+. The lowest BCUT2D eigenvalue weighted by molar-refractivity contribution is 0.387. The molecule has 1 aliphatic heterocycles. The molecule has 1 aliphatic rings. The third-order valence-corrected chi connectivity index (χ3v) is 5.50. The van der Waals surface area contributed by atoms with Gasteiger partial charge >= 0.3 is 5.70 Å². The Balaban J connectivity index is 1.79. The van der Waals surface area contributed by atoms with Gasteiger partial charge in [0.05, 0.1) is 11.8 Å². The SMILES string of the molecule is C#[N+]/C(=C\C(C)=C(/C)N=C(C)N(C)C1CCNC1)c1ccc(-c2cn[nH]c2)cc1. The molecule has 0 saturated carbocycles. The van der Waals surface area contributed by atoms with Crippen LogP contribution in [0.3, 0.4) is 0 Å². The number of amidine groups is 1. The van der Waals surface area contributed by atoms with Crippen LogP contribution in [0.1, 0.15) is 32.8 Å². The number of benzene rings is 1. The molecular weight excluding hydrogens is 360 g/mol. The van der Waals surface area contributed by atoms with Crippen molar-refractivity contribution >= 4 is 11.5 Å². The van der Waals surface area contributed by atoms with Crippen molar-refractivity contribution < 1.29 is 0 Å². The lowest BCUT2D eigenvalue weighted by Crippen LogP contribution is -2.37. The van der Waals surface area contributed by atoms with Crippen LogP contribution in [-0.2, 0) is 0 Å². The van der Waals surface area contributed by atoms with Crippen LogP contribution in [0.15, 0.2) is 59.0 Å². The van der Waals surface area contributed by atoms with Crippen LogP contribution in [-0.4, -0.2) is 47.1 Å². The molecule has 0 radical (unpaired) electrons. The number of hydrogen-bond donors (Lipinski definition) is 2. The van der Waals surface area contributed by atoms with Crippen LogP contribution in [0.4, 0.5) is 0 Å². The van der Waals surface area contributed by atoms with Gasteiger partial charge in [0.25, 0.3) is 6.57 Å². The van der Waals surface area contributed by atoms with E-state index in [0.29, 0.717) is 6.04 Å². The Morgan fingerprint density at radius 1 is 1.24 bits per heavy atom. The topological polar surface area (TPSA) is 60.7 Å². The summed E-state index contributed by atoms with van der Waals surface area (Å²) in [7, 11) is 2.11. The van der Waals surface area contributed by atoms with E-state index < -0.39 is 0 Å². The summed E-state index contributed by atoms with van der Waals surface area (Å²) in [5, 5.41) is 10.2. The fourth-order valence-electron chi connectivity index (χ4n) is 3.39. The largest absolute Gasteiger partial charge is 0.359 e. The Morgan fingerprint density at radius 3 is 2.59 bits per heavy atom. The monoisotopic (exact) mass is 389 g/mol. The second-order valence-electron chi connectivity index (χ2n) is 7.41. The van der Waals surface area contributed by atoms with Crippen molar-refractivity contribution in [2.45, 2.75) is 33.2 Å². The summed E-state index contributed by atoms with van der Waals surface area (Å²) >= 11 is 0. The Bertz CT molecular complexity index is 952. The number of nitrogens with zero attached hydrogens (tertiary/aromatic N) is 4. The van der Waals surface area contributed by atoms with Gasteiger partial charge in [-0.1, -0.05) is 12.1 Å². The maximum Gasteiger partial charge on any atom is 0.347 e. The van der Waals surface area contributed by atoms with Crippen LogP contribution < -0.4 is 5.32 Å². The third kappa shape index (κ3) is 5.01. The van der Waals surface area contributed by atoms with E-state index in [1.165, 1.54) is 0 Å². The molecule has 1 unspecified atom stereocenters. The molecule has 3 rings (SSSR count). The number of H-pyrrole nitrogens is 1. The smallest absolute Gasteiger partial charge is 0.347 e. The first-order valence-corrected chi connectivity index (χ1v) is 9.88. The zero-order valence-electron chi connectivity index (χ0n) is 17.6. The van der Waals surface area contributed by atoms with Crippen LogP contribution >= 0.6 is 0 Å². The Morgan fingerprint density at radius 2 is 2.00 bits per heavy atom. The fourth-order valence-corrected chi connectivity index (χ4v) is 3.39. The van der Waals surface area contributed by atoms with Crippen molar-refractivity contribution in [3.05, 3.63) is 64.4 Å². The summed E-state index contributed by atoms with van der Waals surface area (Å²) in [5.41, 5.74) is 5.81. The maximum atomic E-state index is 5.69. The van der Waals surface area contributed by atoms with Crippen molar-refractivity contribution in [2.75, 3.05) is 20.1 Å². The van der Waals surface area contributed by atoms with Gasteiger partial charge in [0.2, 0.25) is 0 Å². The highest BCUT2D eigenvalue weighted by atomic mass is 15.2. The predicted octanol–water partition coefficient (Wildman–Crippen LogP) is 4.39. The zero-order valence-corrected chi connectivity index (χ0v) is 17.6. The normalized spacial score (nSPS) is 18.4. The molecule has 0 bridgehead atoms. The van der Waals surface area contributed by atoms with Gasteiger partial charge in [0, 0.05) is 43.2 Å². The van der Waals surface area contributed by atoms with Crippen molar-refractivity contribution in [2.24, 2.45) is 4.99 Å². The first-order chi connectivity index (χ1) is 14.0. The highest BCUT2D eigenvalue weighted by Crippen LogP contribution is 2.24. The average Bonchev–Trinajstić information content (AvgIpc) is 3.45. The standard InChI is InChI=1S/C23H29N6/c1-16(17(2)28-18(3)29(5)22-10-11-25-15-22)12-23(24-4)20-8-6-19(7-9-20)21-13-26-27-14-21/h4,6-9,12-14,22,25H,10-11,15H2,1-3,5H3,(H,26,27)/q+1/b17-16+,23-12-,28-18?. The molecule has 150 valence electrons. The van der Waals surface area contributed by atoms with Gasteiger partial charge in [-0.3, -0.25) is 5.10 Å². The number of aromatic nitrogens is 2. The maximum absolute atomic E-state index is 5.69. The van der Waals surface area contributed by atoms with E-state index in [-0.39, 0.29) is 0 Å². The second kappa shape index (κ2) is 9.35. The Kier molecular flexibility index (Phi) is 6.63. The zero-order chi connectivity index (χ0) is 20.8. The molecule has 2 aromatic rings. The van der Waals surface area contributed by atoms with E-state index in [1.807, 2.05) is 50.4 Å². The van der Waals surface area contributed by atoms with Crippen LogP contribution in [0.2, 0.25) is 0 Å². The van der Waals surface area contributed by atoms with E-state index in [9.17, 15) is 0 Å². The minimum Gasteiger partial charge on any atom is -0.359 e. The number of allylic oxidation sites excluding steroid dienone is 3. The average molecular weight is 390 g/mol. The van der Waals surface area contributed by atoms with Crippen LogP contribution in [0.5, 0.6) is 0 Å². The fraction of sp³-hybridized carbons (Fsp3) is 0.348. The van der Waals surface area contributed by atoms with E-state index in [0.717, 1.165) is 59.0 Å². The molecule has 0 amide bonds. The molecule has 0 spiro atoms. The number of likely N-dealkylation sites (N-methyl/N-ethyl adjacent to an activating group) is 1. The molecule has 29 heavy (non-hydrogen) atoms. The number of nitrogens with one attached hydrogen (secondary N) is 2. The van der Waals surface area contributed by atoms with E-state index >= 15 is 0 Å². The minimum absolute atomic E-state index is 0.505. The van der Waals surface area contributed by atoms with Gasteiger partial charge in [-0.25, -0.2) is 4.99 Å². The third-order valence-electron chi connectivity index (χ3n) is 5.50. The van der Waals surface area contributed by atoms with Crippen LogP contribution in [0.25, 0.3) is 21.7 Å². The van der Waals surface area contributed by atoms with Gasteiger partial charge in [-0.15, -0.1) is 0 Å². The van der Waals surface area contributed by atoms with Crippen molar-refractivity contribution in [3.63, 3.8) is 0 Å². The van der Waals surface area contributed by atoms with Gasteiger partial charge in [0.15, 0.2) is 0 Å². The number of rotatable bonds is 5. The molecule has 1 fully saturated rings. The van der Waals surface area contributed by atoms with Crippen molar-refractivity contribution in [1.82, 2.24) is 20.4 Å². The predicted molar refractivity (Wildman–Crippen MR) is 121 cm³/mol. The molecule has 2 N–H and O–H groups in total. The van der Waals surface area contributed by atoms with Gasteiger partial charge in [-0.05, 0) is 61.9 Å². The summed E-state index contributed by atoms with van der Waals surface area (Å²) in [4.78, 5) is 11.1. The van der Waals surface area contributed by atoms with E-state index in [4.69, 9.17) is 11.6 Å². The lowest BCUT2D eigenvalue weighted by Gasteiger charge is -2.25. The highest BCUT2D eigenvalue weighted by molar-refractivity contribution is 5.81. The minimum atomic E-state index is 0.505. The summed E-state index contributed by atoms with van der Waals surface area (Å²) in [5.74, 6) is 1.01. The summed E-state index contributed by atoms with van der Waals surface area (Å²) in [6.07, 6.45) is 6.80. The molecule has 6 nitrogen and oxygen atoms in total. The Labute approximate surface area is 172 Å². The molecule has 1 aromatic heterocycles. The number of hydrogen-bond acceptors (Lipinski definition) is 3. The lowest BCUT2D eigenvalue weighted by atomic mass is 10.0. The van der Waals surface area contributed by atoms with Gasteiger partial charge < -0.3 is 10.2 Å². The molecule has 2 heterocycles. The Hall–Kier alpha value is -3.17. The van der Waals surface area contributed by atoms with E-state index in [1.54, 1.807) is 6.20 Å². The molecule has 1 atom stereocenters. The number of aromatic amines is 1. The summed E-state index contributed by atoms with van der Waals surface area (Å²) < 4.78 is 0. The second-order valence-corrected chi connectivity index (χ2v) is 7.41. The summed E-state index contributed by atoms with van der Waals surface area (Å²) in [6, 6.07) is 8.62. The highest BCUT2D eigenvalue weighted by Gasteiger charge is 2.20. The first kappa shape index (κ1) is 20.6. The molecule has 1 saturated heterocycles. The molecule has 0 aliphatic carbocycles. The van der Waals surface area contributed by atoms with Crippen molar-refractivity contribution in [1.29, 1.82) is 0 Å². The molecule has 1 aromatic carbocycles. The van der Waals surface area contributed by atoms with E-state index in [2.05, 4.69) is 39.2 Å². The number of aliphatic imine (C=N–C) groups is 1. The van der Waals surface area contributed by atoms with Crippen molar-refractivity contribution in [3.8, 4) is 17.7 Å².